The van der Waals surface area contributed by atoms with Gasteiger partial charge in [0.1, 0.15) is 17.1 Å². The molecule has 0 amide bonds. The number of benzene rings is 2. The fraction of sp³-hybridized carbons (Fsp3) is 0.176. The van der Waals surface area contributed by atoms with Gasteiger partial charge in [-0.1, -0.05) is 29.8 Å². The Kier molecular flexibility index (Phi) is 5.60. The lowest BCUT2D eigenvalue weighted by atomic mass is 10.2. The van der Waals surface area contributed by atoms with Crippen LogP contribution in [-0.2, 0) is 9.53 Å². The first-order valence-corrected chi connectivity index (χ1v) is 7.16. The van der Waals surface area contributed by atoms with E-state index in [1.54, 1.807) is 6.07 Å². The van der Waals surface area contributed by atoms with E-state index in [1.165, 1.54) is 25.3 Å². The first-order valence-electron chi connectivity index (χ1n) is 6.78. The highest BCUT2D eigenvalue weighted by Crippen LogP contribution is 2.24. The number of rotatable bonds is 5. The molecule has 2 aromatic carbocycles. The highest BCUT2D eigenvalue weighted by molar-refractivity contribution is 6.31. The summed E-state index contributed by atoms with van der Waals surface area (Å²) in [5.41, 5.74) is 0.978. The quantitative estimate of drug-likeness (QED) is 0.619. The molecule has 6 heteroatoms. The minimum absolute atomic E-state index is 0.0691. The SMILES string of the molecule is COC(=O)c1cc(Cl)ccc1OC(=O)COc1ccccc1C. The van der Waals surface area contributed by atoms with E-state index in [9.17, 15) is 9.59 Å². The maximum Gasteiger partial charge on any atom is 0.349 e. The standard InChI is InChI=1S/C17H15ClO5/c1-11-5-3-4-6-14(11)22-10-16(19)23-15-8-7-12(18)9-13(15)17(20)21-2/h3-9H,10H2,1-2H3. The molecule has 0 N–H and O–H groups in total. The molecule has 0 heterocycles. The predicted molar refractivity (Wildman–Crippen MR) is 85.1 cm³/mol. The summed E-state index contributed by atoms with van der Waals surface area (Å²) in [5.74, 6) is -0.621. The number of methoxy groups -OCH3 is 1. The van der Waals surface area contributed by atoms with Crippen molar-refractivity contribution in [1.82, 2.24) is 0 Å². The Hall–Kier alpha value is -2.53. The Morgan fingerprint density at radius 2 is 1.83 bits per heavy atom. The molecular formula is C17H15ClO5. The molecule has 0 aliphatic carbocycles. The molecule has 0 aliphatic rings. The van der Waals surface area contributed by atoms with Crippen molar-refractivity contribution in [2.45, 2.75) is 6.92 Å². The van der Waals surface area contributed by atoms with Gasteiger partial charge in [0.25, 0.3) is 0 Å². The molecule has 0 saturated heterocycles. The van der Waals surface area contributed by atoms with Crippen LogP contribution in [0, 0.1) is 6.92 Å². The summed E-state index contributed by atoms with van der Waals surface area (Å²) in [6, 6.07) is 11.6. The average molecular weight is 335 g/mol. The summed E-state index contributed by atoms with van der Waals surface area (Å²) in [5, 5.41) is 0.335. The topological polar surface area (TPSA) is 61.8 Å². The molecule has 2 rings (SSSR count). The van der Waals surface area contributed by atoms with E-state index >= 15 is 0 Å². The van der Waals surface area contributed by atoms with Crippen molar-refractivity contribution in [2.24, 2.45) is 0 Å². The lowest BCUT2D eigenvalue weighted by Gasteiger charge is -2.11. The van der Waals surface area contributed by atoms with Gasteiger partial charge in [0.15, 0.2) is 6.61 Å². The van der Waals surface area contributed by atoms with Crippen LogP contribution < -0.4 is 9.47 Å². The van der Waals surface area contributed by atoms with Gasteiger partial charge in [-0.3, -0.25) is 0 Å². The molecule has 0 saturated carbocycles. The van der Waals surface area contributed by atoms with Gasteiger partial charge in [-0.25, -0.2) is 9.59 Å². The highest BCUT2D eigenvalue weighted by Gasteiger charge is 2.17. The number of ether oxygens (including phenoxy) is 3. The molecule has 5 nitrogen and oxygen atoms in total. The van der Waals surface area contributed by atoms with Crippen molar-refractivity contribution in [3.8, 4) is 11.5 Å². The second-order valence-electron chi connectivity index (χ2n) is 4.66. The maximum atomic E-state index is 11.9. The molecule has 0 spiro atoms. The molecule has 0 bridgehead atoms. The van der Waals surface area contributed by atoms with Gasteiger partial charge >= 0.3 is 11.9 Å². The van der Waals surface area contributed by atoms with Crippen molar-refractivity contribution < 1.29 is 23.8 Å². The third kappa shape index (κ3) is 4.47. The molecule has 0 fully saturated rings. The predicted octanol–water partition coefficient (Wildman–Crippen LogP) is 3.42. The summed E-state index contributed by atoms with van der Waals surface area (Å²) in [7, 11) is 1.23. The normalized spacial score (nSPS) is 10.0. The fourth-order valence-corrected chi connectivity index (χ4v) is 2.04. The van der Waals surface area contributed by atoms with Gasteiger partial charge in [0.2, 0.25) is 0 Å². The van der Waals surface area contributed by atoms with E-state index in [2.05, 4.69) is 4.74 Å². The third-order valence-electron chi connectivity index (χ3n) is 3.01. The number of esters is 2. The van der Waals surface area contributed by atoms with E-state index in [4.69, 9.17) is 21.1 Å². The van der Waals surface area contributed by atoms with Crippen molar-refractivity contribution in [2.75, 3.05) is 13.7 Å². The van der Waals surface area contributed by atoms with Crippen LogP contribution >= 0.6 is 11.6 Å². The second kappa shape index (κ2) is 7.65. The smallest absolute Gasteiger partial charge is 0.349 e. The highest BCUT2D eigenvalue weighted by atomic mass is 35.5. The van der Waals surface area contributed by atoms with Crippen LogP contribution in [0.1, 0.15) is 15.9 Å². The van der Waals surface area contributed by atoms with Crippen LogP contribution in [0.2, 0.25) is 5.02 Å². The van der Waals surface area contributed by atoms with Gasteiger partial charge < -0.3 is 14.2 Å². The molecule has 120 valence electrons. The lowest BCUT2D eigenvalue weighted by Crippen LogP contribution is -2.19. The van der Waals surface area contributed by atoms with Crippen LogP contribution in [0.15, 0.2) is 42.5 Å². The van der Waals surface area contributed by atoms with Crippen LogP contribution in [0.25, 0.3) is 0 Å². The number of carbonyl (C=O) groups excluding carboxylic acids is 2. The molecule has 0 radical (unpaired) electrons. The zero-order chi connectivity index (χ0) is 16.8. The summed E-state index contributed by atoms with van der Waals surface area (Å²) in [6.07, 6.45) is 0. The molecule has 0 atom stereocenters. The Balaban J connectivity index is 2.06. The van der Waals surface area contributed by atoms with Gasteiger partial charge in [-0.15, -0.1) is 0 Å². The van der Waals surface area contributed by atoms with E-state index in [1.807, 2.05) is 25.1 Å². The number of hydrogen-bond acceptors (Lipinski definition) is 5. The first kappa shape index (κ1) is 16.8. The number of aryl methyl sites for hydroxylation is 1. The fourth-order valence-electron chi connectivity index (χ4n) is 1.87. The number of halogens is 1. The van der Waals surface area contributed by atoms with Gasteiger partial charge in [0.05, 0.1) is 7.11 Å². The Bertz CT molecular complexity index is 727. The van der Waals surface area contributed by atoms with Gasteiger partial charge in [0, 0.05) is 5.02 Å². The minimum atomic E-state index is -0.643. The molecule has 2 aromatic rings. The van der Waals surface area contributed by atoms with Crippen molar-refractivity contribution in [3.63, 3.8) is 0 Å². The van der Waals surface area contributed by atoms with Crippen LogP contribution in [0.4, 0.5) is 0 Å². The van der Waals surface area contributed by atoms with E-state index in [-0.39, 0.29) is 17.9 Å². The van der Waals surface area contributed by atoms with Crippen LogP contribution in [0.3, 0.4) is 0 Å². The third-order valence-corrected chi connectivity index (χ3v) is 3.24. The maximum absolute atomic E-state index is 11.9. The molecule has 0 aromatic heterocycles. The zero-order valence-electron chi connectivity index (χ0n) is 12.7. The van der Waals surface area contributed by atoms with Crippen LogP contribution in [-0.4, -0.2) is 25.7 Å². The minimum Gasteiger partial charge on any atom is -0.482 e. The summed E-state index contributed by atoms with van der Waals surface area (Å²) in [6.45, 7) is 1.59. The van der Waals surface area contributed by atoms with E-state index in [0.29, 0.717) is 10.8 Å². The average Bonchev–Trinajstić information content (AvgIpc) is 2.55. The number of para-hydroxylation sites is 1. The van der Waals surface area contributed by atoms with Crippen molar-refractivity contribution in [3.05, 3.63) is 58.6 Å². The summed E-state index contributed by atoms with van der Waals surface area (Å²) < 4.78 is 15.2. The Labute approximate surface area is 138 Å². The van der Waals surface area contributed by atoms with E-state index < -0.39 is 11.9 Å². The summed E-state index contributed by atoms with van der Waals surface area (Å²) >= 11 is 5.84. The molecular weight excluding hydrogens is 320 g/mol. The zero-order valence-corrected chi connectivity index (χ0v) is 13.4. The monoisotopic (exact) mass is 334 g/mol. The van der Waals surface area contributed by atoms with Gasteiger partial charge in [-0.2, -0.15) is 0 Å². The lowest BCUT2D eigenvalue weighted by molar-refractivity contribution is -0.136. The Morgan fingerprint density at radius 1 is 1.09 bits per heavy atom. The Morgan fingerprint density at radius 3 is 2.52 bits per heavy atom. The van der Waals surface area contributed by atoms with Crippen molar-refractivity contribution in [1.29, 1.82) is 0 Å². The largest absolute Gasteiger partial charge is 0.482 e. The second-order valence-corrected chi connectivity index (χ2v) is 5.10. The van der Waals surface area contributed by atoms with Crippen LogP contribution in [0.5, 0.6) is 11.5 Å². The first-order chi connectivity index (χ1) is 11.0. The number of hydrogen-bond donors (Lipinski definition) is 0. The molecule has 0 unspecified atom stereocenters. The van der Waals surface area contributed by atoms with E-state index in [0.717, 1.165) is 5.56 Å². The molecule has 23 heavy (non-hydrogen) atoms. The van der Waals surface area contributed by atoms with Crippen molar-refractivity contribution >= 4 is 23.5 Å². The van der Waals surface area contributed by atoms with Gasteiger partial charge in [-0.05, 0) is 36.8 Å². The number of carbonyl (C=O) groups is 2. The summed E-state index contributed by atoms with van der Waals surface area (Å²) in [4.78, 5) is 23.6. The molecule has 0 aliphatic heterocycles.